The molecule has 2 N–H and O–H groups in total. The lowest BCUT2D eigenvalue weighted by atomic mass is 9.90. The molecule has 0 heterocycles. The molecule has 5 heteroatoms. The van der Waals surface area contributed by atoms with Crippen molar-refractivity contribution in [1.29, 1.82) is 5.26 Å². The van der Waals surface area contributed by atoms with E-state index in [1.165, 1.54) is 6.07 Å². The van der Waals surface area contributed by atoms with E-state index in [2.05, 4.69) is 0 Å². The second-order valence-electron chi connectivity index (χ2n) is 5.01. The van der Waals surface area contributed by atoms with Crippen LogP contribution in [-0.4, -0.2) is 22.8 Å². The number of rotatable bonds is 7. The molecule has 1 unspecified atom stereocenters. The summed E-state index contributed by atoms with van der Waals surface area (Å²) in [7, 11) is 0. The zero-order valence-corrected chi connectivity index (χ0v) is 12.5. The molecule has 0 fully saturated rings. The van der Waals surface area contributed by atoms with Crippen molar-refractivity contribution in [1.82, 2.24) is 0 Å². The molecule has 0 aliphatic rings. The van der Waals surface area contributed by atoms with Crippen molar-refractivity contribution >= 4 is 5.97 Å². The number of para-hydroxylation sites is 1. The first kappa shape index (κ1) is 16.4. The van der Waals surface area contributed by atoms with Crippen LogP contribution in [0.25, 0.3) is 0 Å². The number of carbonyl (C=O) groups is 1. The number of carboxylic acids is 1. The number of ether oxygens (including phenoxy) is 1. The van der Waals surface area contributed by atoms with E-state index in [9.17, 15) is 15.0 Å². The molecule has 0 bridgehead atoms. The molecule has 0 spiro atoms. The zero-order valence-electron chi connectivity index (χ0n) is 12.5. The summed E-state index contributed by atoms with van der Waals surface area (Å²) in [6.45, 7) is 0.394. The zero-order chi connectivity index (χ0) is 16.7. The predicted molar refractivity (Wildman–Crippen MR) is 84.4 cm³/mol. The summed E-state index contributed by atoms with van der Waals surface area (Å²) in [5.74, 6) is -1.53. The van der Waals surface area contributed by atoms with Crippen molar-refractivity contribution in [2.24, 2.45) is 0 Å². The van der Waals surface area contributed by atoms with Gasteiger partial charge in [0.2, 0.25) is 0 Å². The number of phenolic OH excluding ortho intramolecular Hbond substituents is 1. The molecule has 0 saturated carbocycles. The summed E-state index contributed by atoms with van der Waals surface area (Å²) in [5, 5.41) is 28.0. The first-order valence-corrected chi connectivity index (χ1v) is 7.24. The van der Waals surface area contributed by atoms with Crippen molar-refractivity contribution in [3.8, 4) is 17.6 Å². The quantitative estimate of drug-likeness (QED) is 0.766. The first-order chi connectivity index (χ1) is 11.1. The van der Waals surface area contributed by atoms with E-state index in [1.807, 2.05) is 6.07 Å². The average Bonchev–Trinajstić information content (AvgIpc) is 2.54. The highest BCUT2D eigenvalue weighted by molar-refractivity contribution is 5.81. The first-order valence-electron chi connectivity index (χ1n) is 7.24. The monoisotopic (exact) mass is 311 g/mol. The standard InChI is InChI=1S/C18H17NO4/c19-10-3-4-11-23-14-7-5-6-13(12-14)17(18(21)22)15-8-1-2-9-16(15)20/h1-2,5-9,12,17,20H,3-4,11H2,(H,21,22). The molecule has 0 aliphatic carbocycles. The molecule has 2 aromatic rings. The third kappa shape index (κ3) is 4.24. The van der Waals surface area contributed by atoms with Crippen molar-refractivity contribution in [3.05, 3.63) is 59.7 Å². The lowest BCUT2D eigenvalue weighted by Gasteiger charge is -2.16. The van der Waals surface area contributed by atoms with E-state index in [0.717, 1.165) is 0 Å². The van der Waals surface area contributed by atoms with Crippen LogP contribution in [0.4, 0.5) is 0 Å². The number of nitrogens with zero attached hydrogens (tertiary/aromatic N) is 1. The summed E-state index contributed by atoms with van der Waals surface area (Å²) >= 11 is 0. The molecule has 0 radical (unpaired) electrons. The van der Waals surface area contributed by atoms with Crippen molar-refractivity contribution in [2.45, 2.75) is 18.8 Å². The maximum atomic E-state index is 11.7. The van der Waals surface area contributed by atoms with E-state index in [-0.39, 0.29) is 5.75 Å². The van der Waals surface area contributed by atoms with Crippen molar-refractivity contribution in [3.63, 3.8) is 0 Å². The molecule has 5 nitrogen and oxygen atoms in total. The minimum absolute atomic E-state index is 0.0553. The molecule has 23 heavy (non-hydrogen) atoms. The Labute approximate surface area is 134 Å². The van der Waals surface area contributed by atoms with Crippen LogP contribution in [0.2, 0.25) is 0 Å². The number of hydrogen-bond donors (Lipinski definition) is 2. The lowest BCUT2D eigenvalue weighted by Crippen LogP contribution is -2.13. The predicted octanol–water partition coefficient (Wildman–Crippen LogP) is 3.29. The number of unbranched alkanes of at least 4 members (excludes halogenated alkanes) is 1. The van der Waals surface area contributed by atoms with Crippen molar-refractivity contribution < 1.29 is 19.7 Å². The SMILES string of the molecule is N#CCCCOc1cccc(C(C(=O)O)c2ccccc2O)c1. The summed E-state index contributed by atoms with van der Waals surface area (Å²) < 4.78 is 5.54. The van der Waals surface area contributed by atoms with Gasteiger partial charge in [0.15, 0.2) is 0 Å². The molecule has 2 rings (SSSR count). The normalized spacial score (nSPS) is 11.4. The van der Waals surface area contributed by atoms with E-state index >= 15 is 0 Å². The highest BCUT2D eigenvalue weighted by atomic mass is 16.5. The Morgan fingerprint density at radius 3 is 2.70 bits per heavy atom. The number of benzene rings is 2. The van der Waals surface area contributed by atoms with Gasteiger partial charge in [-0.3, -0.25) is 4.79 Å². The van der Waals surface area contributed by atoms with Crippen LogP contribution < -0.4 is 4.74 Å². The maximum absolute atomic E-state index is 11.7. The Bertz CT molecular complexity index is 721. The van der Waals surface area contributed by atoms with Crippen LogP contribution in [0.3, 0.4) is 0 Å². The number of aliphatic carboxylic acids is 1. The topological polar surface area (TPSA) is 90.5 Å². The molecule has 118 valence electrons. The Hall–Kier alpha value is -3.00. The van der Waals surface area contributed by atoms with Gasteiger partial charge in [-0.1, -0.05) is 30.3 Å². The summed E-state index contributed by atoms with van der Waals surface area (Å²) in [6.07, 6.45) is 1.03. The van der Waals surface area contributed by atoms with E-state index < -0.39 is 11.9 Å². The second kappa shape index (κ2) is 7.85. The Morgan fingerprint density at radius 1 is 1.22 bits per heavy atom. The van der Waals surface area contributed by atoms with Gasteiger partial charge in [0.05, 0.1) is 12.7 Å². The van der Waals surface area contributed by atoms with Gasteiger partial charge in [-0.15, -0.1) is 0 Å². The fourth-order valence-corrected chi connectivity index (χ4v) is 2.31. The van der Waals surface area contributed by atoms with Crippen LogP contribution >= 0.6 is 0 Å². The van der Waals surface area contributed by atoms with Crippen LogP contribution in [0.5, 0.6) is 11.5 Å². The van der Waals surface area contributed by atoms with E-state index in [0.29, 0.717) is 36.3 Å². The fourth-order valence-electron chi connectivity index (χ4n) is 2.31. The molecule has 0 aliphatic heterocycles. The van der Waals surface area contributed by atoms with Crippen LogP contribution in [0, 0.1) is 11.3 Å². The van der Waals surface area contributed by atoms with E-state index in [4.69, 9.17) is 10.00 Å². The maximum Gasteiger partial charge on any atom is 0.315 e. The van der Waals surface area contributed by atoms with Crippen LogP contribution in [0.1, 0.15) is 29.9 Å². The highest BCUT2D eigenvalue weighted by Crippen LogP contribution is 2.32. The van der Waals surface area contributed by atoms with Crippen molar-refractivity contribution in [2.75, 3.05) is 6.61 Å². The molecule has 2 aromatic carbocycles. The number of carboxylic acid groups (broad SMARTS) is 1. The van der Waals surface area contributed by atoms with Crippen LogP contribution in [0.15, 0.2) is 48.5 Å². The lowest BCUT2D eigenvalue weighted by molar-refractivity contribution is -0.137. The Kier molecular flexibility index (Phi) is 5.59. The molecule has 1 atom stereocenters. The third-order valence-corrected chi connectivity index (χ3v) is 3.39. The minimum Gasteiger partial charge on any atom is -0.508 e. The number of phenols is 1. The third-order valence-electron chi connectivity index (χ3n) is 3.39. The summed E-state index contributed by atoms with van der Waals surface area (Å²) in [5.41, 5.74) is 0.860. The van der Waals surface area contributed by atoms with E-state index in [1.54, 1.807) is 42.5 Å². The minimum atomic E-state index is -1.05. The van der Waals surface area contributed by atoms with Gasteiger partial charge in [0.1, 0.15) is 17.4 Å². The van der Waals surface area contributed by atoms with Gasteiger partial charge in [0, 0.05) is 12.0 Å². The van der Waals surface area contributed by atoms with Crippen LogP contribution in [-0.2, 0) is 4.79 Å². The molecular formula is C18H17NO4. The van der Waals surface area contributed by atoms with Gasteiger partial charge in [-0.25, -0.2) is 0 Å². The van der Waals surface area contributed by atoms with Gasteiger partial charge < -0.3 is 14.9 Å². The van der Waals surface area contributed by atoms with Gasteiger partial charge in [-0.2, -0.15) is 5.26 Å². The average molecular weight is 311 g/mol. The molecule has 0 amide bonds. The molecule has 0 aromatic heterocycles. The Balaban J connectivity index is 2.25. The van der Waals surface area contributed by atoms with Gasteiger partial charge in [0.25, 0.3) is 0 Å². The van der Waals surface area contributed by atoms with Gasteiger partial charge in [-0.05, 0) is 30.2 Å². The fraction of sp³-hybridized carbons (Fsp3) is 0.222. The Morgan fingerprint density at radius 2 is 2.00 bits per heavy atom. The number of nitriles is 1. The summed E-state index contributed by atoms with van der Waals surface area (Å²) in [4.78, 5) is 11.7. The second-order valence-corrected chi connectivity index (χ2v) is 5.01. The number of hydrogen-bond acceptors (Lipinski definition) is 4. The highest BCUT2D eigenvalue weighted by Gasteiger charge is 2.25. The molecule has 0 saturated heterocycles. The smallest absolute Gasteiger partial charge is 0.315 e. The largest absolute Gasteiger partial charge is 0.508 e. The molecular weight excluding hydrogens is 294 g/mol. The number of aromatic hydroxyl groups is 1. The summed E-state index contributed by atoms with van der Waals surface area (Å²) in [6, 6.07) is 15.2. The van der Waals surface area contributed by atoms with Gasteiger partial charge >= 0.3 is 5.97 Å².